The minimum atomic E-state index is -0.0417. The molecule has 1 aliphatic heterocycles. The molecule has 1 heterocycles. The third kappa shape index (κ3) is 13.3. The van der Waals surface area contributed by atoms with Gasteiger partial charge in [-0.05, 0) is 87.1 Å². The lowest BCUT2D eigenvalue weighted by Crippen LogP contribution is -2.36. The molecule has 5 nitrogen and oxygen atoms in total. The van der Waals surface area contributed by atoms with Gasteiger partial charge in [0.15, 0.2) is 0 Å². The van der Waals surface area contributed by atoms with Gasteiger partial charge in [0.05, 0.1) is 0 Å². The van der Waals surface area contributed by atoms with Gasteiger partial charge in [0.25, 0.3) is 0 Å². The summed E-state index contributed by atoms with van der Waals surface area (Å²) in [5, 5.41) is 0. The van der Waals surface area contributed by atoms with Crippen molar-refractivity contribution in [1.29, 1.82) is 0 Å². The van der Waals surface area contributed by atoms with E-state index in [9.17, 15) is 14.4 Å². The number of amides is 1. The summed E-state index contributed by atoms with van der Waals surface area (Å²) >= 11 is 0. The molecule has 1 aliphatic carbocycles. The summed E-state index contributed by atoms with van der Waals surface area (Å²) in [5.74, 6) is 3.09. The number of rotatable bonds is 11. The Morgan fingerprint density at radius 2 is 1.63 bits per heavy atom. The zero-order chi connectivity index (χ0) is 32.5. The SMILES string of the molecule is CC.CC1CCC(=O)CC(C)C1=O.CCCC(CCC(C)CC)CN1CCC(c2ccc(C)c(N(C)C(=O)CC)c2)CC1. The van der Waals surface area contributed by atoms with Crippen LogP contribution in [-0.4, -0.2) is 49.1 Å². The molecule has 4 atom stereocenters. The van der Waals surface area contributed by atoms with Crippen LogP contribution in [0.25, 0.3) is 0 Å². The number of piperidine rings is 1. The minimum absolute atomic E-state index is 0.0417. The van der Waals surface area contributed by atoms with Gasteiger partial charge < -0.3 is 9.80 Å². The van der Waals surface area contributed by atoms with E-state index in [-0.39, 0.29) is 29.3 Å². The van der Waals surface area contributed by atoms with Crippen molar-refractivity contribution in [2.24, 2.45) is 23.7 Å². The lowest BCUT2D eigenvalue weighted by Gasteiger charge is -2.35. The van der Waals surface area contributed by atoms with E-state index in [1.165, 1.54) is 75.7 Å². The van der Waals surface area contributed by atoms with Crippen molar-refractivity contribution in [3.63, 3.8) is 0 Å². The highest BCUT2D eigenvalue weighted by Gasteiger charge is 2.26. The van der Waals surface area contributed by atoms with Crippen molar-refractivity contribution in [3.8, 4) is 0 Å². The van der Waals surface area contributed by atoms with E-state index in [1.54, 1.807) is 0 Å². The second kappa shape index (κ2) is 20.9. The number of hydrogen-bond acceptors (Lipinski definition) is 4. The van der Waals surface area contributed by atoms with Crippen LogP contribution in [0.15, 0.2) is 18.2 Å². The van der Waals surface area contributed by atoms with Gasteiger partial charge in [-0.15, -0.1) is 0 Å². The minimum Gasteiger partial charge on any atom is -0.315 e. The fraction of sp³-hybridized carbons (Fsp3) is 0.763. The maximum atomic E-state index is 12.2. The Morgan fingerprint density at radius 1 is 0.977 bits per heavy atom. The third-order valence-corrected chi connectivity index (χ3v) is 9.67. The van der Waals surface area contributed by atoms with Crippen LogP contribution in [0.5, 0.6) is 0 Å². The summed E-state index contributed by atoms with van der Waals surface area (Å²) in [4.78, 5) is 39.1. The molecule has 1 saturated heterocycles. The number of carbonyl (C=O) groups is 3. The Bertz CT molecular complexity index is 966. The van der Waals surface area contributed by atoms with E-state index in [2.05, 4.69) is 50.8 Å². The molecule has 246 valence electrons. The molecule has 0 bridgehead atoms. The van der Waals surface area contributed by atoms with Crippen LogP contribution in [0.2, 0.25) is 0 Å². The standard InChI is InChI=1S/C27H46N2O.C9H14O2.C2H6/c1-7-10-23(13-11-21(4)8-2)20-29-17-15-24(16-18-29)25-14-12-22(5)26(19-25)28(6)27(30)9-3;1-6-3-4-8(10)5-7(2)9(6)11;1-2/h12,14,19,21,23-24H,7-11,13,15-18,20H2,1-6H3;6-7H,3-5H2,1-2H3;1-2H3. The van der Waals surface area contributed by atoms with Crippen LogP contribution in [0, 0.1) is 30.6 Å². The first-order chi connectivity index (χ1) is 20.5. The molecule has 1 amide bonds. The molecular formula is C38H66N2O3. The Balaban J connectivity index is 0.000000592. The fourth-order valence-electron chi connectivity index (χ4n) is 6.44. The van der Waals surface area contributed by atoms with Crippen molar-refractivity contribution >= 4 is 23.2 Å². The largest absolute Gasteiger partial charge is 0.315 e. The highest BCUT2D eigenvalue weighted by molar-refractivity contribution is 5.93. The van der Waals surface area contributed by atoms with E-state index in [4.69, 9.17) is 0 Å². The molecule has 43 heavy (non-hydrogen) atoms. The predicted molar refractivity (Wildman–Crippen MR) is 184 cm³/mol. The number of ketones is 2. The number of carbonyl (C=O) groups excluding carboxylic acids is 3. The van der Waals surface area contributed by atoms with Crippen molar-refractivity contribution in [2.45, 2.75) is 139 Å². The molecule has 2 fully saturated rings. The number of Topliss-reactive ketones (excluding diaryl/α,β-unsaturated/α-hetero) is 2. The summed E-state index contributed by atoms with van der Waals surface area (Å²) in [6, 6.07) is 6.76. The van der Waals surface area contributed by atoms with Crippen molar-refractivity contribution < 1.29 is 14.4 Å². The molecule has 5 heteroatoms. The molecule has 1 saturated carbocycles. The van der Waals surface area contributed by atoms with Crippen molar-refractivity contribution in [1.82, 2.24) is 4.90 Å². The molecule has 3 rings (SSSR count). The molecule has 2 aliphatic rings. The Hall–Kier alpha value is -2.01. The lowest BCUT2D eigenvalue weighted by molar-refractivity contribution is -0.127. The summed E-state index contributed by atoms with van der Waals surface area (Å²) in [6.07, 6.45) is 11.6. The number of hydrogen-bond donors (Lipinski definition) is 0. The molecule has 4 unspecified atom stereocenters. The summed E-state index contributed by atoms with van der Waals surface area (Å²) in [6.45, 7) is 22.5. The molecule has 1 aromatic rings. The Morgan fingerprint density at radius 3 is 2.21 bits per heavy atom. The number of benzene rings is 1. The zero-order valence-electron chi connectivity index (χ0n) is 29.6. The first-order valence-electron chi connectivity index (χ1n) is 17.6. The maximum absolute atomic E-state index is 12.2. The third-order valence-electron chi connectivity index (χ3n) is 9.67. The Labute approximate surface area is 265 Å². The predicted octanol–water partition coefficient (Wildman–Crippen LogP) is 9.40. The molecule has 1 aromatic carbocycles. The topological polar surface area (TPSA) is 57.7 Å². The van der Waals surface area contributed by atoms with Crippen molar-refractivity contribution in [2.75, 3.05) is 31.6 Å². The van der Waals surface area contributed by atoms with Gasteiger partial charge in [0.2, 0.25) is 5.91 Å². The molecule has 0 N–H and O–H groups in total. The number of anilines is 1. The highest BCUT2D eigenvalue weighted by Crippen LogP contribution is 2.33. The van der Waals surface area contributed by atoms with Crippen LogP contribution in [0.4, 0.5) is 5.69 Å². The summed E-state index contributed by atoms with van der Waals surface area (Å²) in [7, 11) is 1.91. The monoisotopic (exact) mass is 599 g/mol. The molecule has 0 radical (unpaired) electrons. The van der Waals surface area contributed by atoms with Crippen LogP contribution in [-0.2, 0) is 14.4 Å². The average Bonchev–Trinajstić information content (AvgIpc) is 3.13. The average molecular weight is 599 g/mol. The smallest absolute Gasteiger partial charge is 0.226 e. The Kier molecular flexibility index (Phi) is 18.9. The highest BCUT2D eigenvalue weighted by atomic mass is 16.2. The summed E-state index contributed by atoms with van der Waals surface area (Å²) in [5.41, 5.74) is 3.67. The van der Waals surface area contributed by atoms with E-state index >= 15 is 0 Å². The number of nitrogens with zero attached hydrogens (tertiary/aromatic N) is 2. The van der Waals surface area contributed by atoms with E-state index < -0.39 is 0 Å². The molecular weight excluding hydrogens is 532 g/mol. The lowest BCUT2D eigenvalue weighted by atomic mass is 9.87. The van der Waals surface area contributed by atoms with Crippen LogP contribution < -0.4 is 4.90 Å². The zero-order valence-corrected chi connectivity index (χ0v) is 29.6. The quantitative estimate of drug-likeness (QED) is 0.238. The van der Waals surface area contributed by atoms with E-state index in [0.717, 1.165) is 23.9 Å². The first-order valence-corrected chi connectivity index (χ1v) is 17.6. The van der Waals surface area contributed by atoms with Gasteiger partial charge in [-0.1, -0.05) is 86.8 Å². The fourth-order valence-corrected chi connectivity index (χ4v) is 6.44. The van der Waals surface area contributed by atoms with Crippen molar-refractivity contribution in [3.05, 3.63) is 29.3 Å². The van der Waals surface area contributed by atoms with Gasteiger partial charge in [0, 0.05) is 50.4 Å². The normalized spacial score (nSPS) is 21.1. The summed E-state index contributed by atoms with van der Waals surface area (Å²) < 4.78 is 0. The maximum Gasteiger partial charge on any atom is 0.226 e. The van der Waals surface area contributed by atoms with Crippen LogP contribution in [0.1, 0.15) is 143 Å². The van der Waals surface area contributed by atoms with Gasteiger partial charge in [-0.25, -0.2) is 0 Å². The van der Waals surface area contributed by atoms with E-state index in [1.807, 2.05) is 46.6 Å². The second-order valence-corrected chi connectivity index (χ2v) is 13.2. The van der Waals surface area contributed by atoms with Gasteiger partial charge in [-0.3, -0.25) is 14.4 Å². The second-order valence-electron chi connectivity index (χ2n) is 13.2. The number of likely N-dealkylation sites (tertiary alicyclic amines) is 1. The van der Waals surface area contributed by atoms with Crippen LogP contribution in [0.3, 0.4) is 0 Å². The molecule has 0 spiro atoms. The van der Waals surface area contributed by atoms with Gasteiger partial charge in [0.1, 0.15) is 11.6 Å². The molecule has 0 aromatic heterocycles. The van der Waals surface area contributed by atoms with E-state index in [0.29, 0.717) is 25.2 Å². The van der Waals surface area contributed by atoms with Gasteiger partial charge in [-0.2, -0.15) is 0 Å². The number of aryl methyl sites for hydroxylation is 1. The van der Waals surface area contributed by atoms with Crippen LogP contribution >= 0.6 is 0 Å². The van der Waals surface area contributed by atoms with Gasteiger partial charge >= 0.3 is 0 Å². The first kappa shape index (κ1) is 39.0.